The van der Waals surface area contributed by atoms with Crippen LogP contribution in [-0.4, -0.2) is 18.4 Å². The zero-order valence-electron chi connectivity index (χ0n) is 14.7. The van der Waals surface area contributed by atoms with Crippen molar-refractivity contribution in [1.82, 2.24) is 0 Å². The molecule has 2 aromatic rings. The second-order valence-electron chi connectivity index (χ2n) is 6.90. The molecule has 0 unspecified atom stereocenters. The van der Waals surface area contributed by atoms with Gasteiger partial charge >= 0.3 is 0 Å². The maximum atomic E-state index is 14.4. The van der Waals surface area contributed by atoms with Gasteiger partial charge in [0.05, 0.1) is 11.1 Å². The first-order chi connectivity index (χ1) is 12.3. The SMILES string of the molecule is CC(C)(C(=O)Nc1ccc(N2CCCC2=O)c(F)c1)c1ccc(Br)cc1. The van der Waals surface area contributed by atoms with E-state index in [1.807, 2.05) is 38.1 Å². The van der Waals surface area contributed by atoms with Gasteiger partial charge in [-0.05, 0) is 56.2 Å². The van der Waals surface area contributed by atoms with Crippen molar-refractivity contribution in [3.63, 3.8) is 0 Å². The number of hydrogen-bond donors (Lipinski definition) is 1. The van der Waals surface area contributed by atoms with Crippen molar-refractivity contribution in [3.8, 4) is 0 Å². The van der Waals surface area contributed by atoms with E-state index in [2.05, 4.69) is 21.2 Å². The van der Waals surface area contributed by atoms with Gasteiger partial charge in [-0.2, -0.15) is 0 Å². The Bertz CT molecular complexity index is 849. The van der Waals surface area contributed by atoms with E-state index < -0.39 is 11.2 Å². The largest absolute Gasteiger partial charge is 0.325 e. The molecule has 6 heteroatoms. The summed E-state index contributed by atoms with van der Waals surface area (Å²) in [4.78, 5) is 26.0. The van der Waals surface area contributed by atoms with E-state index in [-0.39, 0.29) is 17.5 Å². The highest BCUT2D eigenvalue weighted by molar-refractivity contribution is 9.10. The Morgan fingerprint density at radius 3 is 2.46 bits per heavy atom. The maximum Gasteiger partial charge on any atom is 0.234 e. The van der Waals surface area contributed by atoms with Crippen molar-refractivity contribution < 1.29 is 14.0 Å². The monoisotopic (exact) mass is 418 g/mol. The molecule has 1 aliphatic heterocycles. The quantitative estimate of drug-likeness (QED) is 0.786. The highest BCUT2D eigenvalue weighted by Crippen LogP contribution is 2.29. The highest BCUT2D eigenvalue weighted by Gasteiger charge is 2.30. The number of hydrogen-bond acceptors (Lipinski definition) is 2. The first kappa shape index (κ1) is 18.6. The first-order valence-electron chi connectivity index (χ1n) is 8.46. The van der Waals surface area contributed by atoms with Gasteiger partial charge in [0.2, 0.25) is 11.8 Å². The van der Waals surface area contributed by atoms with Crippen LogP contribution in [0.4, 0.5) is 15.8 Å². The van der Waals surface area contributed by atoms with Crippen molar-refractivity contribution in [2.75, 3.05) is 16.8 Å². The van der Waals surface area contributed by atoms with Crippen molar-refractivity contribution in [2.45, 2.75) is 32.1 Å². The van der Waals surface area contributed by atoms with Crippen LogP contribution in [0.2, 0.25) is 0 Å². The van der Waals surface area contributed by atoms with Gasteiger partial charge in [0.15, 0.2) is 0 Å². The molecule has 1 aliphatic rings. The summed E-state index contributed by atoms with van der Waals surface area (Å²) in [7, 11) is 0. The molecule has 1 heterocycles. The number of halogens is 2. The Kier molecular flexibility index (Phi) is 5.14. The predicted molar refractivity (Wildman–Crippen MR) is 104 cm³/mol. The van der Waals surface area contributed by atoms with E-state index in [0.717, 1.165) is 16.5 Å². The van der Waals surface area contributed by atoms with Crippen molar-refractivity contribution in [2.24, 2.45) is 0 Å². The molecule has 0 saturated carbocycles. The van der Waals surface area contributed by atoms with Crippen LogP contribution in [0.5, 0.6) is 0 Å². The van der Waals surface area contributed by atoms with Gasteiger partial charge < -0.3 is 10.2 Å². The fraction of sp³-hybridized carbons (Fsp3) is 0.300. The normalized spacial score (nSPS) is 14.6. The van der Waals surface area contributed by atoms with Crippen LogP contribution >= 0.6 is 15.9 Å². The van der Waals surface area contributed by atoms with Gasteiger partial charge in [-0.15, -0.1) is 0 Å². The minimum atomic E-state index is -0.777. The lowest BCUT2D eigenvalue weighted by molar-refractivity contribution is -0.120. The summed E-state index contributed by atoms with van der Waals surface area (Å²) in [6.45, 7) is 4.16. The number of carbonyl (C=O) groups excluding carboxylic acids is 2. The zero-order valence-corrected chi connectivity index (χ0v) is 16.3. The van der Waals surface area contributed by atoms with Gasteiger partial charge in [0.25, 0.3) is 0 Å². The minimum absolute atomic E-state index is 0.0722. The smallest absolute Gasteiger partial charge is 0.234 e. The van der Waals surface area contributed by atoms with Crippen LogP contribution in [-0.2, 0) is 15.0 Å². The number of amides is 2. The number of nitrogens with zero attached hydrogens (tertiary/aromatic N) is 1. The fourth-order valence-electron chi connectivity index (χ4n) is 2.99. The van der Waals surface area contributed by atoms with Crippen LogP contribution in [0, 0.1) is 5.82 Å². The van der Waals surface area contributed by atoms with Crippen molar-refractivity contribution in [1.29, 1.82) is 0 Å². The Hall–Kier alpha value is -2.21. The molecule has 4 nitrogen and oxygen atoms in total. The molecule has 0 aliphatic carbocycles. The maximum absolute atomic E-state index is 14.4. The summed E-state index contributed by atoms with van der Waals surface area (Å²) < 4.78 is 15.4. The molecule has 1 saturated heterocycles. The second-order valence-corrected chi connectivity index (χ2v) is 7.82. The average Bonchev–Trinajstić information content (AvgIpc) is 3.01. The third kappa shape index (κ3) is 3.65. The summed E-state index contributed by atoms with van der Waals surface area (Å²) in [5.41, 5.74) is 0.713. The fourth-order valence-corrected chi connectivity index (χ4v) is 3.26. The summed E-state index contributed by atoms with van der Waals surface area (Å²) in [5, 5.41) is 2.77. The third-order valence-corrected chi connectivity index (χ3v) is 5.23. The van der Waals surface area contributed by atoms with Gasteiger partial charge in [-0.3, -0.25) is 9.59 Å². The molecule has 1 fully saturated rings. The number of benzene rings is 2. The molecule has 0 spiro atoms. The number of nitrogens with one attached hydrogen (secondary N) is 1. The molecule has 136 valence electrons. The first-order valence-corrected chi connectivity index (χ1v) is 9.26. The molecule has 26 heavy (non-hydrogen) atoms. The molecule has 0 atom stereocenters. The predicted octanol–water partition coefficient (Wildman–Crippen LogP) is 4.63. The molecular formula is C20H20BrFN2O2. The Labute approximate surface area is 160 Å². The topological polar surface area (TPSA) is 49.4 Å². The van der Waals surface area contributed by atoms with Crippen LogP contribution in [0.3, 0.4) is 0 Å². The molecule has 0 radical (unpaired) electrons. The lowest BCUT2D eigenvalue weighted by Crippen LogP contribution is -2.34. The molecule has 0 bridgehead atoms. The van der Waals surface area contributed by atoms with E-state index in [0.29, 0.717) is 18.7 Å². The van der Waals surface area contributed by atoms with Crippen LogP contribution in [0.25, 0.3) is 0 Å². The lowest BCUT2D eigenvalue weighted by Gasteiger charge is -2.24. The summed E-state index contributed by atoms with van der Waals surface area (Å²) in [6.07, 6.45) is 1.18. The van der Waals surface area contributed by atoms with Crippen LogP contribution < -0.4 is 10.2 Å². The summed E-state index contributed by atoms with van der Waals surface area (Å²) >= 11 is 3.38. The van der Waals surface area contributed by atoms with Gasteiger partial charge in [0.1, 0.15) is 5.82 Å². The zero-order chi connectivity index (χ0) is 18.9. The molecule has 2 aromatic carbocycles. The van der Waals surface area contributed by atoms with E-state index in [1.165, 1.54) is 11.0 Å². The number of carbonyl (C=O) groups is 2. The standard InChI is InChI=1S/C20H20BrFN2O2/c1-20(2,13-5-7-14(21)8-6-13)19(26)23-15-9-10-17(16(22)12-15)24-11-3-4-18(24)25/h5-10,12H,3-4,11H2,1-2H3,(H,23,26). The van der Waals surface area contributed by atoms with Crippen molar-refractivity contribution >= 4 is 39.1 Å². The minimum Gasteiger partial charge on any atom is -0.325 e. The van der Waals surface area contributed by atoms with E-state index in [1.54, 1.807) is 12.1 Å². The summed E-state index contributed by atoms with van der Waals surface area (Å²) in [6, 6.07) is 12.0. The Morgan fingerprint density at radius 2 is 1.88 bits per heavy atom. The molecule has 3 rings (SSSR count). The van der Waals surface area contributed by atoms with E-state index >= 15 is 0 Å². The van der Waals surface area contributed by atoms with E-state index in [4.69, 9.17) is 0 Å². The molecule has 0 aromatic heterocycles. The molecular weight excluding hydrogens is 399 g/mol. The molecule has 2 amide bonds. The lowest BCUT2D eigenvalue weighted by atomic mass is 9.83. The Morgan fingerprint density at radius 1 is 1.19 bits per heavy atom. The average molecular weight is 419 g/mol. The van der Waals surface area contributed by atoms with Crippen molar-refractivity contribution in [3.05, 3.63) is 58.3 Å². The second kappa shape index (κ2) is 7.19. The molecule has 1 N–H and O–H groups in total. The number of anilines is 2. The van der Waals surface area contributed by atoms with Gasteiger partial charge in [-0.1, -0.05) is 28.1 Å². The summed E-state index contributed by atoms with van der Waals surface area (Å²) in [5.74, 6) is -0.819. The van der Waals surface area contributed by atoms with Gasteiger partial charge in [-0.25, -0.2) is 4.39 Å². The Balaban J connectivity index is 1.78. The van der Waals surface area contributed by atoms with Gasteiger partial charge in [0, 0.05) is 23.1 Å². The third-order valence-electron chi connectivity index (χ3n) is 4.70. The van der Waals surface area contributed by atoms with Crippen LogP contribution in [0.15, 0.2) is 46.9 Å². The highest BCUT2D eigenvalue weighted by atomic mass is 79.9. The number of rotatable bonds is 4. The van der Waals surface area contributed by atoms with E-state index in [9.17, 15) is 14.0 Å². The van der Waals surface area contributed by atoms with Crippen LogP contribution in [0.1, 0.15) is 32.3 Å².